The highest BCUT2D eigenvalue weighted by Crippen LogP contribution is 2.39. The SMILES string of the molecule is COC(=O)C1CC2CCCCC2N1CC(=O)NCCc1ccc(F)cc1. The van der Waals surface area contributed by atoms with Crippen LogP contribution in [0.25, 0.3) is 0 Å². The summed E-state index contributed by atoms with van der Waals surface area (Å²) in [5.41, 5.74) is 0.979. The van der Waals surface area contributed by atoms with E-state index in [0.29, 0.717) is 24.9 Å². The van der Waals surface area contributed by atoms with Gasteiger partial charge >= 0.3 is 5.97 Å². The maximum Gasteiger partial charge on any atom is 0.323 e. The Bertz CT molecular complexity index is 634. The van der Waals surface area contributed by atoms with E-state index in [1.54, 1.807) is 12.1 Å². The monoisotopic (exact) mass is 362 g/mol. The number of methoxy groups -OCH3 is 1. The first kappa shape index (κ1) is 18.8. The molecule has 2 fully saturated rings. The molecule has 1 saturated carbocycles. The van der Waals surface area contributed by atoms with Gasteiger partial charge < -0.3 is 10.1 Å². The molecule has 5 nitrogen and oxygen atoms in total. The number of ether oxygens (including phenoxy) is 1. The van der Waals surface area contributed by atoms with Gasteiger partial charge in [0.05, 0.1) is 13.7 Å². The number of nitrogens with zero attached hydrogens (tertiary/aromatic N) is 1. The number of carbonyl (C=O) groups excluding carboxylic acids is 2. The summed E-state index contributed by atoms with van der Waals surface area (Å²) >= 11 is 0. The van der Waals surface area contributed by atoms with Crippen LogP contribution < -0.4 is 5.32 Å². The minimum absolute atomic E-state index is 0.0766. The molecule has 1 N–H and O–H groups in total. The van der Waals surface area contributed by atoms with Crippen LogP contribution >= 0.6 is 0 Å². The summed E-state index contributed by atoms with van der Waals surface area (Å²) in [4.78, 5) is 26.6. The average Bonchev–Trinajstić information content (AvgIpc) is 3.01. The van der Waals surface area contributed by atoms with Crippen LogP contribution in [0.2, 0.25) is 0 Å². The van der Waals surface area contributed by atoms with Gasteiger partial charge in [0.25, 0.3) is 0 Å². The van der Waals surface area contributed by atoms with Crippen molar-refractivity contribution in [3.8, 4) is 0 Å². The lowest BCUT2D eigenvalue weighted by Gasteiger charge is -2.32. The Morgan fingerprint density at radius 2 is 1.96 bits per heavy atom. The third kappa shape index (κ3) is 4.41. The lowest BCUT2D eigenvalue weighted by atomic mass is 9.85. The molecule has 2 aliphatic rings. The highest BCUT2D eigenvalue weighted by Gasteiger charge is 2.46. The molecule has 0 radical (unpaired) electrons. The van der Waals surface area contributed by atoms with Crippen molar-refractivity contribution in [2.24, 2.45) is 5.92 Å². The summed E-state index contributed by atoms with van der Waals surface area (Å²) in [6, 6.07) is 6.28. The molecule has 1 saturated heterocycles. The number of hydrogen-bond acceptors (Lipinski definition) is 4. The molecule has 3 rings (SSSR count). The molecule has 3 atom stereocenters. The highest BCUT2D eigenvalue weighted by atomic mass is 19.1. The van der Waals surface area contributed by atoms with Crippen LogP contribution in [0.5, 0.6) is 0 Å². The third-order valence-corrected chi connectivity index (χ3v) is 5.67. The Morgan fingerprint density at radius 3 is 2.69 bits per heavy atom. The minimum Gasteiger partial charge on any atom is -0.468 e. The van der Waals surface area contributed by atoms with Crippen molar-refractivity contribution in [1.29, 1.82) is 0 Å². The first-order valence-corrected chi connectivity index (χ1v) is 9.43. The number of amides is 1. The van der Waals surface area contributed by atoms with Gasteiger partial charge in [-0.3, -0.25) is 14.5 Å². The predicted octanol–water partition coefficient (Wildman–Crippen LogP) is 2.29. The van der Waals surface area contributed by atoms with Crippen molar-refractivity contribution in [3.05, 3.63) is 35.6 Å². The maximum atomic E-state index is 12.9. The largest absolute Gasteiger partial charge is 0.468 e. The molecule has 0 bridgehead atoms. The van der Waals surface area contributed by atoms with Gasteiger partial charge in [-0.1, -0.05) is 25.0 Å². The number of benzene rings is 1. The molecule has 26 heavy (non-hydrogen) atoms. The van der Waals surface area contributed by atoms with Crippen LogP contribution in [0.1, 0.15) is 37.7 Å². The lowest BCUT2D eigenvalue weighted by molar-refractivity contribution is -0.146. The van der Waals surface area contributed by atoms with E-state index in [9.17, 15) is 14.0 Å². The van der Waals surface area contributed by atoms with E-state index in [0.717, 1.165) is 31.2 Å². The lowest BCUT2D eigenvalue weighted by Crippen LogP contribution is -2.48. The van der Waals surface area contributed by atoms with Crippen molar-refractivity contribution in [2.45, 2.75) is 50.6 Å². The average molecular weight is 362 g/mol. The first-order valence-electron chi connectivity index (χ1n) is 9.43. The Balaban J connectivity index is 1.53. The molecular formula is C20H27FN2O3. The maximum absolute atomic E-state index is 12.9. The van der Waals surface area contributed by atoms with Crippen LogP contribution in [0, 0.1) is 11.7 Å². The number of nitrogens with one attached hydrogen (secondary N) is 1. The molecule has 1 aliphatic carbocycles. The molecule has 1 aromatic carbocycles. The van der Waals surface area contributed by atoms with E-state index >= 15 is 0 Å². The Hall–Kier alpha value is -1.95. The fourth-order valence-electron chi connectivity index (χ4n) is 4.37. The number of fused-ring (bicyclic) bond motifs is 1. The Morgan fingerprint density at radius 1 is 1.23 bits per heavy atom. The second-order valence-electron chi connectivity index (χ2n) is 7.29. The molecule has 1 heterocycles. The van der Waals surface area contributed by atoms with Crippen molar-refractivity contribution in [2.75, 3.05) is 20.2 Å². The number of likely N-dealkylation sites (tertiary alicyclic amines) is 1. The molecule has 1 aliphatic heterocycles. The van der Waals surface area contributed by atoms with E-state index in [4.69, 9.17) is 4.74 Å². The molecule has 3 unspecified atom stereocenters. The van der Waals surface area contributed by atoms with Gasteiger partial charge in [-0.05, 0) is 49.3 Å². The van der Waals surface area contributed by atoms with Gasteiger partial charge in [0.15, 0.2) is 0 Å². The summed E-state index contributed by atoms with van der Waals surface area (Å²) < 4.78 is 17.9. The van der Waals surface area contributed by atoms with E-state index in [-0.39, 0.29) is 30.3 Å². The van der Waals surface area contributed by atoms with Gasteiger partial charge in [-0.15, -0.1) is 0 Å². The van der Waals surface area contributed by atoms with Crippen LogP contribution in [0.15, 0.2) is 24.3 Å². The smallest absolute Gasteiger partial charge is 0.323 e. The van der Waals surface area contributed by atoms with Crippen molar-refractivity contribution in [3.63, 3.8) is 0 Å². The van der Waals surface area contributed by atoms with E-state index in [1.807, 2.05) is 4.90 Å². The van der Waals surface area contributed by atoms with Gasteiger partial charge in [-0.25, -0.2) is 4.39 Å². The number of carbonyl (C=O) groups is 2. The molecular weight excluding hydrogens is 335 g/mol. The fourth-order valence-corrected chi connectivity index (χ4v) is 4.37. The third-order valence-electron chi connectivity index (χ3n) is 5.67. The van der Waals surface area contributed by atoms with Crippen molar-refractivity contribution < 1.29 is 18.7 Å². The Labute approximate surface area is 153 Å². The number of hydrogen-bond donors (Lipinski definition) is 1. The predicted molar refractivity (Wildman–Crippen MR) is 96.0 cm³/mol. The van der Waals surface area contributed by atoms with Gasteiger partial charge in [0, 0.05) is 12.6 Å². The fraction of sp³-hybridized carbons (Fsp3) is 0.600. The summed E-state index contributed by atoms with van der Waals surface area (Å²) in [6.07, 6.45) is 5.96. The minimum atomic E-state index is -0.309. The summed E-state index contributed by atoms with van der Waals surface area (Å²) in [5.74, 6) is -0.0895. The van der Waals surface area contributed by atoms with Crippen LogP contribution in [0.3, 0.4) is 0 Å². The van der Waals surface area contributed by atoms with Gasteiger partial charge in [0.2, 0.25) is 5.91 Å². The molecule has 142 valence electrons. The summed E-state index contributed by atoms with van der Waals surface area (Å²) in [7, 11) is 1.41. The van der Waals surface area contributed by atoms with Crippen LogP contribution in [-0.4, -0.2) is 49.1 Å². The molecule has 6 heteroatoms. The standard InChI is InChI=1S/C20H27FN2O3/c1-26-20(25)18-12-15-4-2-3-5-17(15)23(18)13-19(24)22-11-10-14-6-8-16(21)9-7-14/h6-9,15,17-18H,2-5,10-13H2,1H3,(H,22,24). The Kier molecular flexibility index (Phi) is 6.25. The number of halogens is 1. The molecule has 1 aromatic rings. The topological polar surface area (TPSA) is 58.6 Å². The summed E-state index contributed by atoms with van der Waals surface area (Å²) in [6.45, 7) is 0.722. The number of rotatable bonds is 6. The van der Waals surface area contributed by atoms with E-state index < -0.39 is 0 Å². The van der Waals surface area contributed by atoms with E-state index in [1.165, 1.54) is 25.7 Å². The second-order valence-corrected chi connectivity index (χ2v) is 7.29. The van der Waals surface area contributed by atoms with Gasteiger partial charge in [0.1, 0.15) is 11.9 Å². The van der Waals surface area contributed by atoms with Crippen molar-refractivity contribution in [1.82, 2.24) is 10.2 Å². The number of esters is 1. The quantitative estimate of drug-likeness (QED) is 0.789. The van der Waals surface area contributed by atoms with Crippen molar-refractivity contribution >= 4 is 11.9 Å². The normalized spacial score (nSPS) is 25.5. The van der Waals surface area contributed by atoms with E-state index in [2.05, 4.69) is 5.32 Å². The zero-order chi connectivity index (χ0) is 18.5. The van der Waals surface area contributed by atoms with Crippen LogP contribution in [-0.2, 0) is 20.7 Å². The first-order chi connectivity index (χ1) is 12.6. The molecule has 1 amide bonds. The van der Waals surface area contributed by atoms with Gasteiger partial charge in [-0.2, -0.15) is 0 Å². The molecule has 0 spiro atoms. The highest BCUT2D eigenvalue weighted by molar-refractivity contribution is 5.81. The summed E-state index contributed by atoms with van der Waals surface area (Å²) in [5, 5.41) is 2.92. The van der Waals surface area contributed by atoms with Crippen LogP contribution in [0.4, 0.5) is 4.39 Å². The molecule has 0 aromatic heterocycles. The second kappa shape index (κ2) is 8.62. The zero-order valence-corrected chi connectivity index (χ0v) is 15.2. The zero-order valence-electron chi connectivity index (χ0n) is 15.2.